The molecule has 1 N–H and O–H groups in total. The van der Waals surface area contributed by atoms with Gasteiger partial charge in [0.2, 0.25) is 10.0 Å². The van der Waals surface area contributed by atoms with E-state index in [2.05, 4.69) is 17.3 Å². The third-order valence-electron chi connectivity index (χ3n) is 5.20. The Balaban J connectivity index is 1.56. The van der Waals surface area contributed by atoms with Crippen molar-refractivity contribution in [1.29, 1.82) is 0 Å². The summed E-state index contributed by atoms with van der Waals surface area (Å²) in [5.41, 5.74) is 0.682. The number of hydrogen-bond donors (Lipinski definition) is 1. The summed E-state index contributed by atoms with van der Waals surface area (Å²) >= 11 is 0. The van der Waals surface area contributed by atoms with Gasteiger partial charge < -0.3 is 19.7 Å². The molecule has 0 aromatic heterocycles. The molecular formula is C19H29N3O5S. The zero-order chi connectivity index (χ0) is 20.1. The number of piperidine rings is 1. The minimum absolute atomic E-state index is 0.0806. The standard InChI is InChI=1S/C19H29N3O5S/c1-15-13-17(28(24,25)22-9-11-26-12-10-22)3-4-18(15)27-14-19(23)20-16-5-7-21(2)8-6-16/h3-4,13,16H,5-12,14H2,1-2H3,(H,20,23). The second kappa shape index (κ2) is 9.21. The summed E-state index contributed by atoms with van der Waals surface area (Å²) in [5, 5.41) is 3.00. The summed E-state index contributed by atoms with van der Waals surface area (Å²) in [6.45, 7) is 5.18. The van der Waals surface area contributed by atoms with Crippen molar-refractivity contribution in [3.05, 3.63) is 23.8 Å². The molecule has 0 spiro atoms. The van der Waals surface area contributed by atoms with Gasteiger partial charge in [-0.05, 0) is 63.7 Å². The lowest BCUT2D eigenvalue weighted by atomic mass is 10.1. The van der Waals surface area contributed by atoms with E-state index < -0.39 is 10.0 Å². The molecule has 1 aromatic rings. The zero-order valence-electron chi connectivity index (χ0n) is 16.5. The van der Waals surface area contributed by atoms with Crippen molar-refractivity contribution in [2.45, 2.75) is 30.7 Å². The minimum Gasteiger partial charge on any atom is -0.484 e. The number of benzene rings is 1. The van der Waals surface area contributed by atoms with E-state index in [1.807, 2.05) is 0 Å². The predicted molar refractivity (Wildman–Crippen MR) is 105 cm³/mol. The van der Waals surface area contributed by atoms with E-state index in [0.717, 1.165) is 25.9 Å². The molecule has 0 radical (unpaired) electrons. The van der Waals surface area contributed by atoms with Crippen molar-refractivity contribution in [3.8, 4) is 5.75 Å². The van der Waals surface area contributed by atoms with E-state index in [9.17, 15) is 13.2 Å². The molecule has 2 saturated heterocycles. The van der Waals surface area contributed by atoms with Gasteiger partial charge in [0.15, 0.2) is 6.61 Å². The first-order valence-electron chi connectivity index (χ1n) is 9.65. The number of carbonyl (C=O) groups excluding carboxylic acids is 1. The van der Waals surface area contributed by atoms with Gasteiger partial charge in [0.1, 0.15) is 5.75 Å². The summed E-state index contributed by atoms with van der Waals surface area (Å²) in [4.78, 5) is 14.6. The number of nitrogens with one attached hydrogen (secondary N) is 1. The first-order chi connectivity index (χ1) is 13.4. The van der Waals surface area contributed by atoms with E-state index >= 15 is 0 Å². The molecule has 9 heteroatoms. The van der Waals surface area contributed by atoms with Crippen LogP contribution >= 0.6 is 0 Å². The molecule has 2 fully saturated rings. The monoisotopic (exact) mass is 411 g/mol. The molecule has 0 unspecified atom stereocenters. The molecule has 1 aromatic carbocycles. The van der Waals surface area contributed by atoms with Gasteiger partial charge in [-0.1, -0.05) is 0 Å². The number of amides is 1. The highest BCUT2D eigenvalue weighted by Crippen LogP contribution is 2.24. The van der Waals surface area contributed by atoms with Crippen molar-refractivity contribution in [1.82, 2.24) is 14.5 Å². The van der Waals surface area contributed by atoms with Gasteiger partial charge in [0.25, 0.3) is 5.91 Å². The van der Waals surface area contributed by atoms with E-state index in [0.29, 0.717) is 37.6 Å². The number of morpholine rings is 1. The third kappa shape index (κ3) is 5.22. The summed E-state index contributed by atoms with van der Waals surface area (Å²) in [7, 11) is -1.47. The van der Waals surface area contributed by atoms with E-state index in [-0.39, 0.29) is 23.5 Å². The fraction of sp³-hybridized carbons (Fsp3) is 0.632. The topological polar surface area (TPSA) is 88.2 Å². The van der Waals surface area contributed by atoms with E-state index in [1.165, 1.54) is 10.4 Å². The number of rotatable bonds is 6. The van der Waals surface area contributed by atoms with E-state index in [1.54, 1.807) is 19.1 Å². The van der Waals surface area contributed by atoms with E-state index in [4.69, 9.17) is 9.47 Å². The van der Waals surface area contributed by atoms with Gasteiger partial charge in [-0.3, -0.25) is 4.79 Å². The summed E-state index contributed by atoms with van der Waals surface area (Å²) in [5.74, 6) is 0.360. The lowest BCUT2D eigenvalue weighted by Gasteiger charge is -2.29. The van der Waals surface area contributed by atoms with Crippen molar-refractivity contribution in [2.24, 2.45) is 0 Å². The highest BCUT2D eigenvalue weighted by atomic mass is 32.2. The number of carbonyl (C=O) groups is 1. The largest absolute Gasteiger partial charge is 0.484 e. The third-order valence-corrected chi connectivity index (χ3v) is 7.09. The molecule has 2 aliphatic rings. The molecule has 0 atom stereocenters. The quantitative estimate of drug-likeness (QED) is 0.738. The molecule has 2 aliphatic heterocycles. The number of ether oxygens (including phenoxy) is 2. The Morgan fingerprint density at radius 2 is 1.89 bits per heavy atom. The molecule has 28 heavy (non-hydrogen) atoms. The molecular weight excluding hydrogens is 382 g/mol. The zero-order valence-corrected chi connectivity index (χ0v) is 17.3. The van der Waals surface area contributed by atoms with Crippen molar-refractivity contribution < 1.29 is 22.7 Å². The van der Waals surface area contributed by atoms with Crippen LogP contribution in [0.3, 0.4) is 0 Å². The SMILES string of the molecule is Cc1cc(S(=O)(=O)N2CCOCC2)ccc1OCC(=O)NC1CCN(C)CC1. The Labute approximate surface area is 166 Å². The van der Waals surface area contributed by atoms with Crippen LogP contribution in [0.4, 0.5) is 0 Å². The lowest BCUT2D eigenvalue weighted by Crippen LogP contribution is -2.44. The first-order valence-corrected chi connectivity index (χ1v) is 11.1. The average molecular weight is 412 g/mol. The minimum atomic E-state index is -3.54. The molecule has 8 nitrogen and oxygen atoms in total. The number of likely N-dealkylation sites (tertiary alicyclic amines) is 1. The fourth-order valence-electron chi connectivity index (χ4n) is 3.45. The fourth-order valence-corrected chi connectivity index (χ4v) is 4.94. The average Bonchev–Trinajstić information content (AvgIpc) is 2.69. The molecule has 2 heterocycles. The van der Waals surface area contributed by atoms with Crippen molar-refractivity contribution >= 4 is 15.9 Å². The number of hydrogen-bond acceptors (Lipinski definition) is 6. The van der Waals surface area contributed by atoms with Crippen LogP contribution in [0, 0.1) is 6.92 Å². The maximum absolute atomic E-state index is 12.7. The van der Waals surface area contributed by atoms with Crippen LogP contribution in [0.2, 0.25) is 0 Å². The molecule has 156 valence electrons. The van der Waals surface area contributed by atoms with Gasteiger partial charge in [-0.2, -0.15) is 4.31 Å². The van der Waals surface area contributed by atoms with Crippen molar-refractivity contribution in [2.75, 3.05) is 53.0 Å². The predicted octanol–water partition coefficient (Wildman–Crippen LogP) is 0.605. The Morgan fingerprint density at radius 1 is 1.21 bits per heavy atom. The highest BCUT2D eigenvalue weighted by Gasteiger charge is 2.27. The van der Waals surface area contributed by atoms with Crippen LogP contribution in [-0.2, 0) is 19.6 Å². The van der Waals surface area contributed by atoms with Crippen LogP contribution in [0.15, 0.2) is 23.1 Å². The lowest BCUT2D eigenvalue weighted by molar-refractivity contribution is -0.124. The van der Waals surface area contributed by atoms with Crippen molar-refractivity contribution in [3.63, 3.8) is 0 Å². The molecule has 3 rings (SSSR count). The van der Waals surface area contributed by atoms with Crippen LogP contribution < -0.4 is 10.1 Å². The number of sulfonamides is 1. The Morgan fingerprint density at radius 3 is 2.54 bits per heavy atom. The second-order valence-electron chi connectivity index (χ2n) is 7.38. The van der Waals surface area contributed by atoms with Gasteiger partial charge in [0.05, 0.1) is 18.1 Å². The van der Waals surface area contributed by atoms with Crippen LogP contribution in [-0.4, -0.2) is 82.6 Å². The molecule has 0 bridgehead atoms. The normalized spacial score (nSPS) is 20.1. The van der Waals surface area contributed by atoms with Crippen LogP contribution in [0.25, 0.3) is 0 Å². The Bertz CT molecular complexity index is 785. The summed E-state index contributed by atoms with van der Waals surface area (Å²) in [6.07, 6.45) is 1.88. The maximum Gasteiger partial charge on any atom is 0.258 e. The first kappa shape index (κ1) is 21.0. The van der Waals surface area contributed by atoms with Gasteiger partial charge >= 0.3 is 0 Å². The van der Waals surface area contributed by atoms with Gasteiger partial charge in [0, 0.05) is 19.1 Å². The molecule has 0 saturated carbocycles. The Hall–Kier alpha value is -1.68. The molecule has 0 aliphatic carbocycles. The van der Waals surface area contributed by atoms with Crippen LogP contribution in [0.5, 0.6) is 5.75 Å². The van der Waals surface area contributed by atoms with Crippen LogP contribution in [0.1, 0.15) is 18.4 Å². The summed E-state index contributed by atoms with van der Waals surface area (Å²) in [6, 6.07) is 4.93. The maximum atomic E-state index is 12.7. The number of nitrogens with zero attached hydrogens (tertiary/aromatic N) is 2. The van der Waals surface area contributed by atoms with Gasteiger partial charge in [-0.15, -0.1) is 0 Å². The smallest absolute Gasteiger partial charge is 0.258 e. The van der Waals surface area contributed by atoms with Gasteiger partial charge in [-0.25, -0.2) is 8.42 Å². The second-order valence-corrected chi connectivity index (χ2v) is 9.32. The number of aryl methyl sites for hydroxylation is 1. The molecule has 1 amide bonds. The highest BCUT2D eigenvalue weighted by molar-refractivity contribution is 7.89. The Kier molecular flexibility index (Phi) is 6.92. The summed E-state index contributed by atoms with van der Waals surface area (Å²) < 4.78 is 37.7.